The van der Waals surface area contributed by atoms with Crippen molar-refractivity contribution in [1.29, 1.82) is 0 Å². The summed E-state index contributed by atoms with van der Waals surface area (Å²) in [4.78, 5) is 28.4. The van der Waals surface area contributed by atoms with Crippen LogP contribution >= 0.6 is 0 Å². The number of carbonyl (C=O) groups is 2. The zero-order valence-electron chi connectivity index (χ0n) is 15.6. The molecule has 26 heavy (non-hydrogen) atoms. The summed E-state index contributed by atoms with van der Waals surface area (Å²) in [6.45, 7) is 7.04. The molecular formula is C20H30N4O2. The molecular weight excluding hydrogens is 328 g/mol. The molecule has 6 nitrogen and oxygen atoms in total. The molecule has 0 unspecified atom stereocenters. The van der Waals surface area contributed by atoms with Crippen LogP contribution in [-0.4, -0.2) is 73.5 Å². The molecule has 0 radical (unpaired) electrons. The van der Waals surface area contributed by atoms with Crippen LogP contribution in [0.15, 0.2) is 30.3 Å². The number of piperazine rings is 1. The third-order valence-electron chi connectivity index (χ3n) is 5.12. The van der Waals surface area contributed by atoms with Gasteiger partial charge in [-0.1, -0.05) is 37.3 Å². The van der Waals surface area contributed by atoms with E-state index in [4.69, 9.17) is 0 Å². The van der Waals surface area contributed by atoms with E-state index in [1.54, 1.807) is 0 Å². The van der Waals surface area contributed by atoms with Gasteiger partial charge in [-0.25, -0.2) is 0 Å². The molecule has 2 aliphatic rings. The molecule has 1 aromatic rings. The first-order valence-electron chi connectivity index (χ1n) is 9.66. The predicted octanol–water partition coefficient (Wildman–Crippen LogP) is 0.803. The SMILES string of the molecule is C[C@H](CNC(=O)CN1CCN(CC(=O)NC2CC2)CC1)c1ccccc1. The average molecular weight is 358 g/mol. The lowest BCUT2D eigenvalue weighted by Gasteiger charge is -2.33. The quantitative estimate of drug-likeness (QED) is 0.722. The summed E-state index contributed by atoms with van der Waals surface area (Å²) in [5.41, 5.74) is 1.24. The standard InChI is InChI=1S/C20H30N4O2/c1-16(17-5-3-2-4-6-17)13-21-19(25)14-23-9-11-24(12-10-23)15-20(26)22-18-7-8-18/h2-6,16,18H,7-15H2,1H3,(H,21,25)(H,22,26)/t16-/m1/s1. The van der Waals surface area contributed by atoms with Crippen LogP contribution in [0.2, 0.25) is 0 Å². The zero-order chi connectivity index (χ0) is 18.4. The van der Waals surface area contributed by atoms with E-state index in [1.807, 2.05) is 18.2 Å². The molecule has 1 aliphatic heterocycles. The van der Waals surface area contributed by atoms with Crippen molar-refractivity contribution >= 4 is 11.8 Å². The van der Waals surface area contributed by atoms with E-state index in [2.05, 4.69) is 39.5 Å². The maximum atomic E-state index is 12.2. The highest BCUT2D eigenvalue weighted by molar-refractivity contribution is 5.79. The summed E-state index contributed by atoms with van der Waals surface area (Å²) in [5, 5.41) is 6.07. The van der Waals surface area contributed by atoms with Crippen LogP contribution in [-0.2, 0) is 9.59 Å². The fourth-order valence-electron chi connectivity index (χ4n) is 3.23. The number of nitrogens with one attached hydrogen (secondary N) is 2. The monoisotopic (exact) mass is 358 g/mol. The maximum Gasteiger partial charge on any atom is 0.234 e. The lowest BCUT2D eigenvalue weighted by atomic mass is 10.0. The van der Waals surface area contributed by atoms with Crippen LogP contribution in [0.1, 0.15) is 31.2 Å². The first-order chi connectivity index (χ1) is 12.6. The van der Waals surface area contributed by atoms with Gasteiger partial charge in [0.05, 0.1) is 13.1 Å². The molecule has 142 valence electrons. The zero-order valence-corrected chi connectivity index (χ0v) is 15.6. The lowest BCUT2D eigenvalue weighted by Crippen LogP contribution is -2.51. The second kappa shape index (κ2) is 9.14. The van der Waals surface area contributed by atoms with E-state index in [1.165, 1.54) is 5.56 Å². The summed E-state index contributed by atoms with van der Waals surface area (Å²) in [6, 6.07) is 10.7. The molecule has 1 aliphatic carbocycles. The number of hydrogen-bond donors (Lipinski definition) is 2. The molecule has 0 aromatic heterocycles. The van der Waals surface area contributed by atoms with Crippen molar-refractivity contribution in [1.82, 2.24) is 20.4 Å². The number of hydrogen-bond acceptors (Lipinski definition) is 4. The van der Waals surface area contributed by atoms with Gasteiger partial charge in [0.15, 0.2) is 0 Å². The van der Waals surface area contributed by atoms with E-state index in [0.717, 1.165) is 39.0 Å². The number of amides is 2. The van der Waals surface area contributed by atoms with Crippen molar-refractivity contribution in [2.75, 3.05) is 45.8 Å². The van der Waals surface area contributed by atoms with Gasteiger partial charge >= 0.3 is 0 Å². The molecule has 2 fully saturated rings. The Bertz CT molecular complexity index is 595. The second-order valence-electron chi connectivity index (χ2n) is 7.51. The molecule has 3 rings (SSSR count). The van der Waals surface area contributed by atoms with Gasteiger partial charge in [-0.15, -0.1) is 0 Å². The first kappa shape index (κ1) is 18.9. The molecule has 1 atom stereocenters. The fraction of sp³-hybridized carbons (Fsp3) is 0.600. The minimum atomic E-state index is 0.0766. The van der Waals surface area contributed by atoms with Crippen molar-refractivity contribution in [2.45, 2.75) is 31.7 Å². The largest absolute Gasteiger partial charge is 0.354 e. The van der Waals surface area contributed by atoms with Crippen LogP contribution in [0.25, 0.3) is 0 Å². The fourth-order valence-corrected chi connectivity index (χ4v) is 3.23. The molecule has 1 saturated carbocycles. The molecule has 2 amide bonds. The van der Waals surface area contributed by atoms with E-state index in [9.17, 15) is 9.59 Å². The summed E-state index contributed by atoms with van der Waals surface area (Å²) >= 11 is 0. The van der Waals surface area contributed by atoms with Crippen LogP contribution in [0.4, 0.5) is 0 Å². The smallest absolute Gasteiger partial charge is 0.234 e. The summed E-state index contributed by atoms with van der Waals surface area (Å²) in [5.74, 6) is 0.517. The number of rotatable bonds is 8. The van der Waals surface area contributed by atoms with E-state index in [0.29, 0.717) is 31.6 Å². The minimum Gasteiger partial charge on any atom is -0.354 e. The first-order valence-corrected chi connectivity index (χ1v) is 9.66. The molecule has 1 saturated heterocycles. The van der Waals surface area contributed by atoms with Crippen molar-refractivity contribution in [3.8, 4) is 0 Å². The minimum absolute atomic E-state index is 0.0766. The Labute approximate surface area is 155 Å². The average Bonchev–Trinajstić information content (AvgIpc) is 3.46. The highest BCUT2D eigenvalue weighted by Crippen LogP contribution is 2.18. The summed E-state index contributed by atoms with van der Waals surface area (Å²) in [7, 11) is 0. The Balaban J connectivity index is 1.31. The van der Waals surface area contributed by atoms with Gasteiger partial charge in [-0.05, 0) is 24.3 Å². The van der Waals surface area contributed by atoms with Gasteiger partial charge in [-0.3, -0.25) is 19.4 Å². The van der Waals surface area contributed by atoms with Crippen molar-refractivity contribution < 1.29 is 9.59 Å². The van der Waals surface area contributed by atoms with Crippen LogP contribution < -0.4 is 10.6 Å². The van der Waals surface area contributed by atoms with Gasteiger partial charge < -0.3 is 10.6 Å². The third kappa shape index (κ3) is 6.11. The third-order valence-corrected chi connectivity index (χ3v) is 5.12. The van der Waals surface area contributed by atoms with Crippen molar-refractivity contribution in [2.24, 2.45) is 0 Å². The Morgan fingerprint density at radius 3 is 2.15 bits per heavy atom. The molecule has 0 spiro atoms. The van der Waals surface area contributed by atoms with Crippen LogP contribution in [0.3, 0.4) is 0 Å². The topological polar surface area (TPSA) is 64.7 Å². The summed E-state index contributed by atoms with van der Waals surface area (Å²) < 4.78 is 0. The molecule has 0 bridgehead atoms. The van der Waals surface area contributed by atoms with E-state index in [-0.39, 0.29) is 11.8 Å². The predicted molar refractivity (Wildman–Crippen MR) is 102 cm³/mol. The van der Waals surface area contributed by atoms with Crippen molar-refractivity contribution in [3.05, 3.63) is 35.9 Å². The van der Waals surface area contributed by atoms with E-state index >= 15 is 0 Å². The van der Waals surface area contributed by atoms with Gasteiger partial charge in [0, 0.05) is 38.8 Å². The highest BCUT2D eigenvalue weighted by Gasteiger charge is 2.25. The Morgan fingerprint density at radius 2 is 1.58 bits per heavy atom. The van der Waals surface area contributed by atoms with Gasteiger partial charge in [-0.2, -0.15) is 0 Å². The Hall–Kier alpha value is -1.92. The molecule has 1 aromatic carbocycles. The highest BCUT2D eigenvalue weighted by atomic mass is 16.2. The Kier molecular flexibility index (Phi) is 6.63. The van der Waals surface area contributed by atoms with Gasteiger partial charge in [0.25, 0.3) is 0 Å². The molecule has 1 heterocycles. The second-order valence-corrected chi connectivity index (χ2v) is 7.51. The van der Waals surface area contributed by atoms with E-state index < -0.39 is 0 Å². The normalized spacial score (nSPS) is 19.7. The van der Waals surface area contributed by atoms with Gasteiger partial charge in [0.2, 0.25) is 11.8 Å². The number of carbonyl (C=O) groups excluding carboxylic acids is 2. The lowest BCUT2D eigenvalue weighted by molar-refractivity contribution is -0.125. The number of benzene rings is 1. The molecule has 2 N–H and O–H groups in total. The van der Waals surface area contributed by atoms with Crippen molar-refractivity contribution in [3.63, 3.8) is 0 Å². The molecule has 6 heteroatoms. The number of nitrogens with zero attached hydrogens (tertiary/aromatic N) is 2. The van der Waals surface area contributed by atoms with Crippen LogP contribution in [0.5, 0.6) is 0 Å². The van der Waals surface area contributed by atoms with Gasteiger partial charge in [0.1, 0.15) is 0 Å². The summed E-state index contributed by atoms with van der Waals surface area (Å²) in [6.07, 6.45) is 2.25. The Morgan fingerprint density at radius 1 is 1.00 bits per heavy atom. The van der Waals surface area contributed by atoms with Crippen LogP contribution in [0, 0.1) is 0 Å². The maximum absolute atomic E-state index is 12.2.